The highest BCUT2D eigenvalue weighted by atomic mass is 16.5. The van der Waals surface area contributed by atoms with Gasteiger partial charge in [0.05, 0.1) is 24.6 Å². The summed E-state index contributed by atoms with van der Waals surface area (Å²) in [4.78, 5) is 24.0. The van der Waals surface area contributed by atoms with Crippen molar-refractivity contribution in [2.45, 2.75) is 60.7 Å². The Labute approximate surface area is 143 Å². The molecule has 0 aromatic carbocycles. The van der Waals surface area contributed by atoms with Crippen molar-refractivity contribution >= 4 is 11.9 Å². The van der Waals surface area contributed by atoms with Gasteiger partial charge in [0.25, 0.3) is 0 Å². The van der Waals surface area contributed by atoms with Crippen LogP contribution in [0.4, 0.5) is 0 Å². The third-order valence-corrected chi connectivity index (χ3v) is 4.08. The molecule has 136 valence electrons. The highest BCUT2D eigenvalue weighted by Crippen LogP contribution is 2.14. The first-order chi connectivity index (χ1) is 11.3. The molecule has 2 atom stereocenters. The molecule has 0 radical (unpaired) electrons. The number of hydrogen-bond donors (Lipinski definition) is 1. The van der Waals surface area contributed by atoms with Crippen LogP contribution in [-0.2, 0) is 32.2 Å². The third-order valence-electron chi connectivity index (χ3n) is 4.08. The third kappa shape index (κ3) is 5.33. The molecule has 1 N–H and O–H groups in total. The van der Waals surface area contributed by atoms with Gasteiger partial charge in [-0.1, -0.05) is 0 Å². The van der Waals surface area contributed by atoms with Crippen molar-refractivity contribution in [3.05, 3.63) is 17.0 Å². The average Bonchev–Trinajstić information content (AvgIpc) is 2.79. The van der Waals surface area contributed by atoms with E-state index in [9.17, 15) is 9.59 Å². The highest BCUT2D eigenvalue weighted by molar-refractivity contribution is 5.80. The number of rotatable bonds is 9. The van der Waals surface area contributed by atoms with Crippen LogP contribution in [0.3, 0.4) is 0 Å². The van der Waals surface area contributed by atoms with Crippen molar-refractivity contribution in [1.82, 2.24) is 15.1 Å². The summed E-state index contributed by atoms with van der Waals surface area (Å²) < 4.78 is 12.1. The molecule has 1 heterocycles. The summed E-state index contributed by atoms with van der Waals surface area (Å²) in [5, 5.41) is 7.27. The maximum atomic E-state index is 12.3. The zero-order chi connectivity index (χ0) is 18.3. The van der Waals surface area contributed by atoms with Gasteiger partial charge in [0.1, 0.15) is 6.73 Å². The molecule has 0 aliphatic heterocycles. The first-order valence-electron chi connectivity index (χ1n) is 8.38. The number of carbonyl (C=O) groups is 2. The quantitative estimate of drug-likeness (QED) is 0.693. The lowest BCUT2D eigenvalue weighted by Gasteiger charge is -2.19. The number of carbonyl (C=O) groups excluding carboxylic acids is 2. The fraction of sp³-hybridized carbons (Fsp3) is 0.706. The van der Waals surface area contributed by atoms with Crippen molar-refractivity contribution in [2.75, 3.05) is 13.2 Å². The molecule has 2 unspecified atom stereocenters. The summed E-state index contributed by atoms with van der Waals surface area (Å²) in [5.74, 6) is -0.834. The molecule has 0 saturated carbocycles. The average molecular weight is 339 g/mol. The Balaban J connectivity index is 2.68. The molecule has 1 amide bonds. The molecule has 7 nitrogen and oxygen atoms in total. The monoisotopic (exact) mass is 339 g/mol. The smallest absolute Gasteiger partial charge is 0.310 e. The zero-order valence-corrected chi connectivity index (χ0v) is 15.5. The summed E-state index contributed by atoms with van der Waals surface area (Å²) in [6.45, 7) is 12.4. The van der Waals surface area contributed by atoms with Gasteiger partial charge in [-0.15, -0.1) is 0 Å². The Kier molecular flexibility index (Phi) is 7.91. The van der Waals surface area contributed by atoms with E-state index in [0.29, 0.717) is 19.9 Å². The molecular weight excluding hydrogens is 310 g/mol. The normalized spacial score (nSPS) is 13.4. The van der Waals surface area contributed by atoms with Crippen LogP contribution < -0.4 is 5.32 Å². The van der Waals surface area contributed by atoms with Gasteiger partial charge in [0.15, 0.2) is 0 Å². The Morgan fingerprint density at radius 2 is 1.88 bits per heavy atom. The fourth-order valence-electron chi connectivity index (χ4n) is 2.36. The summed E-state index contributed by atoms with van der Waals surface area (Å²) in [5.41, 5.74) is 2.62. The molecule has 1 rings (SSSR count). The minimum atomic E-state index is -0.392. The number of esters is 1. The number of aromatic nitrogens is 2. The van der Waals surface area contributed by atoms with E-state index in [1.165, 1.54) is 0 Å². The summed E-state index contributed by atoms with van der Waals surface area (Å²) in [7, 11) is 0. The van der Waals surface area contributed by atoms with Crippen molar-refractivity contribution in [3.8, 4) is 0 Å². The minimum Gasteiger partial charge on any atom is -0.466 e. The van der Waals surface area contributed by atoms with Gasteiger partial charge in [-0.25, -0.2) is 4.68 Å². The van der Waals surface area contributed by atoms with E-state index >= 15 is 0 Å². The number of amides is 1. The molecule has 1 aromatic heterocycles. The van der Waals surface area contributed by atoms with Crippen molar-refractivity contribution in [3.63, 3.8) is 0 Å². The first-order valence-corrected chi connectivity index (χ1v) is 8.38. The van der Waals surface area contributed by atoms with Crippen LogP contribution in [0.1, 0.15) is 44.6 Å². The van der Waals surface area contributed by atoms with Gasteiger partial charge in [-0.3, -0.25) is 9.59 Å². The number of nitrogens with zero attached hydrogens (tertiary/aromatic N) is 2. The summed E-state index contributed by atoms with van der Waals surface area (Å²) in [6.07, 6.45) is 0.226. The number of hydrogen-bond acceptors (Lipinski definition) is 5. The first kappa shape index (κ1) is 20.2. The molecule has 0 spiro atoms. The Morgan fingerprint density at radius 1 is 1.21 bits per heavy atom. The van der Waals surface area contributed by atoms with Crippen LogP contribution in [-0.4, -0.2) is 40.9 Å². The predicted octanol–water partition coefficient (Wildman–Crippen LogP) is 1.74. The van der Waals surface area contributed by atoms with Crippen LogP contribution in [0, 0.1) is 19.8 Å². The van der Waals surface area contributed by atoms with Crippen molar-refractivity contribution in [1.29, 1.82) is 0 Å². The molecule has 0 fully saturated rings. The topological polar surface area (TPSA) is 82.5 Å². The van der Waals surface area contributed by atoms with Crippen LogP contribution in [0.25, 0.3) is 0 Å². The Morgan fingerprint density at radius 3 is 2.46 bits per heavy atom. The number of ether oxygens (including phenoxy) is 2. The second-order valence-electron chi connectivity index (χ2n) is 5.84. The molecule has 0 aliphatic carbocycles. The molecule has 7 heteroatoms. The number of aryl methyl sites for hydroxylation is 1. The highest BCUT2D eigenvalue weighted by Gasteiger charge is 2.24. The van der Waals surface area contributed by atoms with Gasteiger partial charge >= 0.3 is 5.97 Å². The van der Waals surface area contributed by atoms with Crippen LogP contribution in [0.2, 0.25) is 0 Å². The van der Waals surface area contributed by atoms with Crippen molar-refractivity contribution < 1.29 is 19.1 Å². The standard InChI is InChI=1S/C17H29N3O4/c1-7-23-10-20-14(6)15(13(5)19-20)9-16(21)18-12(4)11(3)17(22)24-8-2/h11-12H,7-10H2,1-6H3,(H,18,21). The summed E-state index contributed by atoms with van der Waals surface area (Å²) >= 11 is 0. The van der Waals surface area contributed by atoms with E-state index in [1.54, 1.807) is 25.5 Å². The second-order valence-corrected chi connectivity index (χ2v) is 5.84. The molecule has 24 heavy (non-hydrogen) atoms. The SMILES string of the molecule is CCOCn1nc(C)c(CC(=O)NC(C)C(C)C(=O)OCC)c1C. The van der Waals surface area contributed by atoms with Gasteiger partial charge in [0, 0.05) is 23.9 Å². The predicted molar refractivity (Wildman–Crippen MR) is 90.4 cm³/mol. The Bertz CT molecular complexity index is 568. The lowest BCUT2D eigenvalue weighted by Crippen LogP contribution is -2.41. The maximum Gasteiger partial charge on any atom is 0.310 e. The fourth-order valence-corrected chi connectivity index (χ4v) is 2.36. The second kappa shape index (κ2) is 9.42. The molecule has 1 aromatic rings. The van der Waals surface area contributed by atoms with Gasteiger partial charge < -0.3 is 14.8 Å². The molecular formula is C17H29N3O4. The molecule has 0 aliphatic rings. The van der Waals surface area contributed by atoms with Crippen LogP contribution in [0.15, 0.2) is 0 Å². The van der Waals surface area contributed by atoms with E-state index in [-0.39, 0.29) is 24.3 Å². The zero-order valence-electron chi connectivity index (χ0n) is 15.5. The van der Waals surface area contributed by atoms with E-state index in [1.807, 2.05) is 20.8 Å². The Hall–Kier alpha value is -1.89. The number of nitrogens with one attached hydrogen (secondary N) is 1. The van der Waals surface area contributed by atoms with Crippen molar-refractivity contribution in [2.24, 2.45) is 5.92 Å². The van der Waals surface area contributed by atoms with Crippen LogP contribution in [0.5, 0.6) is 0 Å². The molecule has 0 saturated heterocycles. The van der Waals surface area contributed by atoms with E-state index in [2.05, 4.69) is 10.4 Å². The van der Waals surface area contributed by atoms with Crippen LogP contribution >= 0.6 is 0 Å². The van der Waals surface area contributed by atoms with E-state index in [0.717, 1.165) is 17.0 Å². The van der Waals surface area contributed by atoms with Gasteiger partial charge in [0.2, 0.25) is 5.91 Å². The summed E-state index contributed by atoms with van der Waals surface area (Å²) in [6, 6.07) is -0.296. The maximum absolute atomic E-state index is 12.3. The van der Waals surface area contributed by atoms with Gasteiger partial charge in [-0.05, 0) is 41.5 Å². The minimum absolute atomic E-state index is 0.138. The largest absolute Gasteiger partial charge is 0.466 e. The lowest BCUT2D eigenvalue weighted by atomic mass is 10.0. The van der Waals surface area contributed by atoms with E-state index < -0.39 is 5.92 Å². The lowest BCUT2D eigenvalue weighted by molar-refractivity contribution is -0.148. The van der Waals surface area contributed by atoms with E-state index in [4.69, 9.17) is 9.47 Å². The molecule has 0 bridgehead atoms. The van der Waals surface area contributed by atoms with Gasteiger partial charge in [-0.2, -0.15) is 5.10 Å².